The third kappa shape index (κ3) is 6.56. The average molecular weight is 677 g/mol. The molecular formula is C40H44N2O6Si. The first kappa shape index (κ1) is 33.2. The standard InChI is InChI=1S/C40H44N2O6Si/c1-26-34(47-37(39(26)49(2,3)46)23-38(44)41-24-29-11-5-4-10-28(29)22-31(41)25-43)21-18-27-16-19-30(20-17-27)42-33-13-7-9-15-36(33)48-35-14-8-6-12-32(35)40(42)45/h4-17,19-20,26,31,34,37,39,43,46H,18,21-25H2,1-3H3/t26-,31-,34+,37-,39+/m0/s1. The van der Waals surface area contributed by atoms with Gasteiger partial charge in [-0.3, -0.25) is 14.5 Å². The van der Waals surface area contributed by atoms with Gasteiger partial charge in [-0.05, 0) is 91.4 Å². The van der Waals surface area contributed by atoms with Crippen LogP contribution in [0.15, 0.2) is 97.1 Å². The fourth-order valence-electron chi connectivity index (χ4n) is 8.12. The Labute approximate surface area is 289 Å². The van der Waals surface area contributed by atoms with Crippen molar-refractivity contribution in [3.63, 3.8) is 0 Å². The highest BCUT2D eigenvalue weighted by Gasteiger charge is 2.50. The van der Waals surface area contributed by atoms with Gasteiger partial charge in [-0.15, -0.1) is 0 Å². The van der Waals surface area contributed by atoms with Gasteiger partial charge in [0.15, 0.2) is 14.1 Å². The molecule has 4 aromatic carbocycles. The van der Waals surface area contributed by atoms with E-state index in [9.17, 15) is 19.5 Å². The van der Waals surface area contributed by atoms with Gasteiger partial charge in [0.05, 0.1) is 42.5 Å². The summed E-state index contributed by atoms with van der Waals surface area (Å²) in [5, 5.41) is 10.2. The van der Waals surface area contributed by atoms with Gasteiger partial charge >= 0.3 is 0 Å². The topological polar surface area (TPSA) is 99.5 Å². The van der Waals surface area contributed by atoms with Gasteiger partial charge in [-0.25, -0.2) is 0 Å². The summed E-state index contributed by atoms with van der Waals surface area (Å²) in [6.45, 7) is 6.40. The molecule has 8 nitrogen and oxygen atoms in total. The van der Waals surface area contributed by atoms with E-state index in [1.54, 1.807) is 15.9 Å². The molecule has 1 fully saturated rings. The van der Waals surface area contributed by atoms with E-state index in [1.807, 2.05) is 85.9 Å². The molecule has 0 saturated carbocycles. The Bertz CT molecular complexity index is 1840. The van der Waals surface area contributed by atoms with Crippen LogP contribution in [0.1, 0.15) is 46.8 Å². The molecule has 3 aliphatic heterocycles. The zero-order valence-electron chi connectivity index (χ0n) is 28.3. The van der Waals surface area contributed by atoms with Crippen LogP contribution in [0.2, 0.25) is 18.6 Å². The molecule has 49 heavy (non-hydrogen) atoms. The molecule has 254 valence electrons. The number of hydrogen-bond acceptors (Lipinski definition) is 6. The smallest absolute Gasteiger partial charge is 0.266 e. The predicted molar refractivity (Wildman–Crippen MR) is 192 cm³/mol. The summed E-state index contributed by atoms with van der Waals surface area (Å²) < 4.78 is 12.8. The van der Waals surface area contributed by atoms with Crippen molar-refractivity contribution in [2.75, 3.05) is 11.5 Å². The Morgan fingerprint density at radius 2 is 1.55 bits per heavy atom. The summed E-state index contributed by atoms with van der Waals surface area (Å²) in [7, 11) is -2.68. The maximum absolute atomic E-state index is 13.8. The molecule has 0 aromatic heterocycles. The Balaban J connectivity index is 1.05. The van der Waals surface area contributed by atoms with Crippen LogP contribution in [-0.2, 0) is 28.9 Å². The van der Waals surface area contributed by atoms with Crippen molar-refractivity contribution in [1.29, 1.82) is 0 Å². The number of aryl methyl sites for hydroxylation is 1. The minimum absolute atomic E-state index is 0.0390. The molecule has 2 amide bonds. The van der Waals surface area contributed by atoms with Gasteiger partial charge in [0.1, 0.15) is 5.75 Å². The molecule has 0 aliphatic carbocycles. The number of para-hydroxylation sites is 3. The van der Waals surface area contributed by atoms with Gasteiger partial charge < -0.3 is 24.3 Å². The normalized spacial score (nSPS) is 23.3. The van der Waals surface area contributed by atoms with E-state index in [4.69, 9.17) is 9.47 Å². The van der Waals surface area contributed by atoms with Crippen LogP contribution in [0.25, 0.3) is 0 Å². The van der Waals surface area contributed by atoms with Gasteiger partial charge in [-0.2, -0.15) is 0 Å². The van der Waals surface area contributed by atoms with Crippen LogP contribution in [0.3, 0.4) is 0 Å². The maximum atomic E-state index is 13.8. The van der Waals surface area contributed by atoms with Crippen molar-refractivity contribution in [1.82, 2.24) is 4.90 Å². The average Bonchev–Trinajstić information content (AvgIpc) is 3.35. The summed E-state index contributed by atoms with van der Waals surface area (Å²) in [6.07, 6.45) is 1.83. The van der Waals surface area contributed by atoms with E-state index >= 15 is 0 Å². The van der Waals surface area contributed by atoms with E-state index in [2.05, 4.69) is 25.1 Å². The second-order valence-corrected chi connectivity index (χ2v) is 18.2. The lowest BCUT2D eigenvalue weighted by Crippen LogP contribution is -2.48. The van der Waals surface area contributed by atoms with Gasteiger partial charge in [0.2, 0.25) is 5.91 Å². The van der Waals surface area contributed by atoms with Crippen LogP contribution in [0, 0.1) is 5.92 Å². The lowest BCUT2D eigenvalue weighted by atomic mass is 9.93. The highest BCUT2D eigenvalue weighted by atomic mass is 28.4. The van der Waals surface area contributed by atoms with Crippen LogP contribution >= 0.6 is 0 Å². The molecule has 0 spiro atoms. The number of nitrogens with zero attached hydrogens (tertiary/aromatic N) is 2. The fourth-order valence-corrected chi connectivity index (χ4v) is 10.7. The number of aliphatic hydroxyl groups is 1. The molecule has 1 saturated heterocycles. The molecule has 0 unspecified atom stereocenters. The molecule has 4 aromatic rings. The molecule has 0 radical (unpaired) electrons. The Hall–Kier alpha value is -4.28. The second-order valence-electron chi connectivity index (χ2n) is 14.2. The molecule has 5 atom stereocenters. The monoisotopic (exact) mass is 676 g/mol. The van der Waals surface area contributed by atoms with Crippen molar-refractivity contribution < 1.29 is 29.0 Å². The van der Waals surface area contributed by atoms with Crippen molar-refractivity contribution in [2.24, 2.45) is 5.92 Å². The van der Waals surface area contributed by atoms with Crippen molar-refractivity contribution in [3.8, 4) is 11.5 Å². The van der Waals surface area contributed by atoms with Crippen LogP contribution in [0.5, 0.6) is 11.5 Å². The number of fused-ring (bicyclic) bond motifs is 3. The number of benzene rings is 4. The van der Waals surface area contributed by atoms with E-state index in [-0.39, 0.29) is 54.6 Å². The number of carbonyl (C=O) groups is 2. The molecule has 0 bridgehead atoms. The number of rotatable bonds is 8. The molecule has 9 heteroatoms. The van der Waals surface area contributed by atoms with Gasteiger partial charge in [0, 0.05) is 17.8 Å². The number of carbonyl (C=O) groups excluding carboxylic acids is 2. The minimum atomic E-state index is -2.68. The number of anilines is 2. The van der Waals surface area contributed by atoms with Crippen LogP contribution < -0.4 is 9.64 Å². The SMILES string of the molecule is C[C@@H]1[C@@H]([Si](C)(C)O)[C@H](CC(=O)N2Cc3ccccc3C[C@H]2CO)O[C@@H]1CCc1ccc(N2C(=O)c3ccccc3Oc3ccccc32)cc1. The Kier molecular flexibility index (Phi) is 9.19. The highest BCUT2D eigenvalue weighted by molar-refractivity contribution is 6.71. The first-order valence-corrected chi connectivity index (χ1v) is 20.3. The third-order valence-corrected chi connectivity index (χ3v) is 13.1. The molecule has 3 aliphatic rings. The van der Waals surface area contributed by atoms with E-state index in [1.165, 1.54) is 5.56 Å². The van der Waals surface area contributed by atoms with E-state index in [0.717, 1.165) is 29.7 Å². The zero-order chi connectivity index (χ0) is 34.3. The largest absolute Gasteiger partial charge is 0.454 e. The summed E-state index contributed by atoms with van der Waals surface area (Å²) in [5.41, 5.74) is 5.25. The summed E-state index contributed by atoms with van der Waals surface area (Å²) in [5.74, 6) is 1.05. The van der Waals surface area contributed by atoms with Crippen molar-refractivity contribution in [2.45, 2.75) is 76.0 Å². The molecule has 3 heterocycles. The molecular weight excluding hydrogens is 633 g/mol. The summed E-state index contributed by atoms with van der Waals surface area (Å²) >= 11 is 0. The number of hydrogen-bond donors (Lipinski definition) is 2. The van der Waals surface area contributed by atoms with E-state index < -0.39 is 8.32 Å². The lowest BCUT2D eigenvalue weighted by Gasteiger charge is -2.37. The number of ether oxygens (including phenoxy) is 2. The highest BCUT2D eigenvalue weighted by Crippen LogP contribution is 2.46. The summed E-state index contributed by atoms with van der Waals surface area (Å²) in [4.78, 5) is 42.5. The quantitative estimate of drug-likeness (QED) is 0.195. The Morgan fingerprint density at radius 3 is 2.29 bits per heavy atom. The second kappa shape index (κ2) is 13.6. The fraction of sp³-hybridized carbons (Fsp3) is 0.350. The Morgan fingerprint density at radius 1 is 0.878 bits per heavy atom. The van der Waals surface area contributed by atoms with Gasteiger partial charge in [0.25, 0.3) is 5.91 Å². The third-order valence-electron chi connectivity index (χ3n) is 10.5. The summed E-state index contributed by atoms with van der Waals surface area (Å²) in [6, 6.07) is 30.7. The zero-order valence-corrected chi connectivity index (χ0v) is 29.3. The van der Waals surface area contributed by atoms with E-state index in [0.29, 0.717) is 35.7 Å². The van der Waals surface area contributed by atoms with Crippen molar-refractivity contribution >= 4 is 31.5 Å². The molecule has 7 rings (SSSR count). The number of aliphatic hydroxyl groups excluding tert-OH is 1. The van der Waals surface area contributed by atoms with Crippen LogP contribution in [-0.4, -0.2) is 59.8 Å². The maximum Gasteiger partial charge on any atom is 0.266 e. The first-order chi connectivity index (χ1) is 23.6. The predicted octanol–water partition coefficient (Wildman–Crippen LogP) is 7.01. The lowest BCUT2D eigenvalue weighted by molar-refractivity contribution is -0.138. The first-order valence-electron chi connectivity index (χ1n) is 17.3. The molecule has 2 N–H and O–H groups in total. The van der Waals surface area contributed by atoms with Gasteiger partial charge in [-0.1, -0.05) is 67.6 Å². The van der Waals surface area contributed by atoms with Crippen LogP contribution in [0.4, 0.5) is 11.4 Å². The minimum Gasteiger partial charge on any atom is -0.454 e. The van der Waals surface area contributed by atoms with Crippen molar-refractivity contribution in [3.05, 3.63) is 119 Å². The number of amides is 2.